The molecule has 1 N–H and O–H groups in total. The molecule has 0 aliphatic rings. The minimum atomic E-state index is -0.563. The SMILES string of the molecule is C[C@@H](O)c1ccn(Cc2ncc(-c3cccs3)o2)n1. The van der Waals surface area contributed by atoms with E-state index in [-0.39, 0.29) is 0 Å². The summed E-state index contributed by atoms with van der Waals surface area (Å²) in [5.41, 5.74) is 0.644. The molecule has 0 saturated carbocycles. The third-order valence-electron chi connectivity index (χ3n) is 2.70. The lowest BCUT2D eigenvalue weighted by molar-refractivity contribution is 0.193. The minimum Gasteiger partial charge on any atom is -0.438 e. The van der Waals surface area contributed by atoms with Crippen LogP contribution in [0.3, 0.4) is 0 Å². The van der Waals surface area contributed by atoms with Crippen molar-refractivity contribution in [1.82, 2.24) is 14.8 Å². The average Bonchev–Trinajstić information content (AvgIpc) is 3.09. The van der Waals surface area contributed by atoms with Gasteiger partial charge >= 0.3 is 0 Å². The summed E-state index contributed by atoms with van der Waals surface area (Å²) in [5.74, 6) is 1.37. The molecule has 5 nitrogen and oxygen atoms in total. The fourth-order valence-electron chi connectivity index (χ4n) is 1.74. The summed E-state index contributed by atoms with van der Waals surface area (Å²) in [6.45, 7) is 2.14. The van der Waals surface area contributed by atoms with Gasteiger partial charge < -0.3 is 9.52 Å². The van der Waals surface area contributed by atoms with Crippen LogP contribution in [0.25, 0.3) is 10.6 Å². The van der Waals surface area contributed by atoms with Gasteiger partial charge in [-0.2, -0.15) is 5.10 Å². The number of thiophene rings is 1. The maximum absolute atomic E-state index is 9.42. The summed E-state index contributed by atoms with van der Waals surface area (Å²) < 4.78 is 7.38. The van der Waals surface area contributed by atoms with E-state index in [1.54, 1.807) is 41.4 Å². The number of aromatic nitrogens is 3. The van der Waals surface area contributed by atoms with E-state index < -0.39 is 6.10 Å². The summed E-state index contributed by atoms with van der Waals surface area (Å²) in [6, 6.07) is 5.76. The Morgan fingerprint density at radius 2 is 2.37 bits per heavy atom. The van der Waals surface area contributed by atoms with E-state index in [9.17, 15) is 5.11 Å². The molecule has 3 heterocycles. The van der Waals surface area contributed by atoms with Crippen molar-refractivity contribution in [3.8, 4) is 10.6 Å². The summed E-state index contributed by atoms with van der Waals surface area (Å²) in [6.07, 6.45) is 2.96. The normalized spacial score (nSPS) is 12.7. The first kappa shape index (κ1) is 12.1. The third kappa shape index (κ3) is 2.59. The van der Waals surface area contributed by atoms with Gasteiger partial charge in [-0.15, -0.1) is 11.3 Å². The molecule has 0 bridgehead atoms. The highest BCUT2D eigenvalue weighted by atomic mass is 32.1. The molecular weight excluding hydrogens is 262 g/mol. The molecule has 19 heavy (non-hydrogen) atoms. The summed E-state index contributed by atoms with van der Waals surface area (Å²) in [4.78, 5) is 5.30. The largest absolute Gasteiger partial charge is 0.438 e. The van der Waals surface area contributed by atoms with Crippen molar-refractivity contribution >= 4 is 11.3 Å². The second-order valence-corrected chi connectivity index (χ2v) is 5.16. The van der Waals surface area contributed by atoms with Crippen LogP contribution in [0.2, 0.25) is 0 Å². The van der Waals surface area contributed by atoms with Gasteiger partial charge in [-0.05, 0) is 24.4 Å². The zero-order valence-electron chi connectivity index (χ0n) is 10.4. The zero-order chi connectivity index (χ0) is 13.2. The Bertz CT molecular complexity index is 655. The average molecular weight is 275 g/mol. The molecule has 0 fully saturated rings. The highest BCUT2D eigenvalue weighted by Crippen LogP contribution is 2.25. The predicted molar refractivity (Wildman–Crippen MR) is 71.8 cm³/mol. The lowest BCUT2D eigenvalue weighted by atomic mass is 10.3. The standard InChI is InChI=1S/C13H13N3O2S/c1-9(17)10-4-5-16(15-10)8-13-14-7-11(18-13)12-3-2-6-19-12/h2-7,9,17H,8H2,1H3/t9-/m1/s1. The summed E-state index contributed by atoms with van der Waals surface area (Å²) in [5, 5.41) is 15.7. The number of aliphatic hydroxyl groups is 1. The van der Waals surface area contributed by atoms with Crippen LogP contribution in [0, 0.1) is 0 Å². The van der Waals surface area contributed by atoms with Gasteiger partial charge in [0.15, 0.2) is 5.76 Å². The minimum absolute atomic E-state index is 0.456. The van der Waals surface area contributed by atoms with Crippen LogP contribution in [0.5, 0.6) is 0 Å². The van der Waals surface area contributed by atoms with Gasteiger partial charge in [-0.25, -0.2) is 4.98 Å². The van der Waals surface area contributed by atoms with E-state index in [0.717, 1.165) is 10.6 Å². The van der Waals surface area contributed by atoms with Crippen LogP contribution >= 0.6 is 11.3 Å². The predicted octanol–water partition coefficient (Wildman–Crippen LogP) is 2.70. The number of aliphatic hydroxyl groups excluding tert-OH is 1. The van der Waals surface area contributed by atoms with Crippen molar-refractivity contribution in [3.05, 3.63) is 47.6 Å². The smallest absolute Gasteiger partial charge is 0.216 e. The Balaban J connectivity index is 1.76. The number of hydrogen-bond donors (Lipinski definition) is 1. The maximum atomic E-state index is 9.42. The van der Waals surface area contributed by atoms with E-state index in [2.05, 4.69) is 10.1 Å². The maximum Gasteiger partial charge on any atom is 0.216 e. The van der Waals surface area contributed by atoms with Crippen LogP contribution in [-0.4, -0.2) is 19.9 Å². The lowest BCUT2D eigenvalue weighted by Gasteiger charge is -1.99. The molecule has 0 spiro atoms. The van der Waals surface area contributed by atoms with Crippen molar-refractivity contribution in [2.75, 3.05) is 0 Å². The second-order valence-electron chi connectivity index (χ2n) is 4.21. The molecule has 3 aromatic rings. The number of rotatable bonds is 4. The van der Waals surface area contributed by atoms with Gasteiger partial charge in [0, 0.05) is 6.20 Å². The van der Waals surface area contributed by atoms with E-state index >= 15 is 0 Å². The topological polar surface area (TPSA) is 64.1 Å². The van der Waals surface area contributed by atoms with Crippen LogP contribution in [-0.2, 0) is 6.54 Å². The number of nitrogens with zero attached hydrogens (tertiary/aromatic N) is 3. The van der Waals surface area contributed by atoms with E-state index in [4.69, 9.17) is 4.42 Å². The quantitative estimate of drug-likeness (QED) is 0.795. The Hall–Kier alpha value is -1.92. The van der Waals surface area contributed by atoms with Crippen LogP contribution < -0.4 is 0 Å². The zero-order valence-corrected chi connectivity index (χ0v) is 11.2. The molecule has 0 radical (unpaired) electrons. The van der Waals surface area contributed by atoms with E-state index in [1.807, 2.05) is 17.5 Å². The van der Waals surface area contributed by atoms with Gasteiger partial charge in [0.05, 0.1) is 22.9 Å². The monoisotopic (exact) mass is 275 g/mol. The van der Waals surface area contributed by atoms with Crippen LogP contribution in [0.1, 0.15) is 24.6 Å². The van der Waals surface area contributed by atoms with Crippen molar-refractivity contribution in [2.45, 2.75) is 19.6 Å². The Morgan fingerprint density at radius 3 is 3.05 bits per heavy atom. The number of oxazole rings is 1. The fraction of sp³-hybridized carbons (Fsp3) is 0.231. The molecular formula is C13H13N3O2S. The van der Waals surface area contributed by atoms with E-state index in [1.165, 1.54) is 0 Å². The van der Waals surface area contributed by atoms with Gasteiger partial charge in [-0.3, -0.25) is 4.68 Å². The van der Waals surface area contributed by atoms with Crippen molar-refractivity contribution < 1.29 is 9.52 Å². The van der Waals surface area contributed by atoms with E-state index in [0.29, 0.717) is 18.1 Å². The summed E-state index contributed by atoms with van der Waals surface area (Å²) >= 11 is 1.61. The van der Waals surface area contributed by atoms with Crippen LogP contribution in [0.15, 0.2) is 40.4 Å². The number of hydrogen-bond acceptors (Lipinski definition) is 5. The first-order valence-corrected chi connectivity index (χ1v) is 6.80. The molecule has 6 heteroatoms. The molecule has 0 aromatic carbocycles. The molecule has 1 atom stereocenters. The van der Waals surface area contributed by atoms with Gasteiger partial charge in [-0.1, -0.05) is 6.07 Å². The highest BCUT2D eigenvalue weighted by molar-refractivity contribution is 7.13. The van der Waals surface area contributed by atoms with Crippen LogP contribution in [0.4, 0.5) is 0 Å². The van der Waals surface area contributed by atoms with Crippen molar-refractivity contribution in [2.24, 2.45) is 0 Å². The third-order valence-corrected chi connectivity index (χ3v) is 3.59. The Morgan fingerprint density at radius 1 is 1.47 bits per heavy atom. The van der Waals surface area contributed by atoms with Gasteiger partial charge in [0.2, 0.25) is 5.89 Å². The molecule has 0 amide bonds. The molecule has 0 unspecified atom stereocenters. The summed E-state index contributed by atoms with van der Waals surface area (Å²) in [7, 11) is 0. The fourth-order valence-corrected chi connectivity index (χ4v) is 2.41. The molecule has 0 aliphatic heterocycles. The first-order valence-electron chi connectivity index (χ1n) is 5.92. The van der Waals surface area contributed by atoms with Crippen molar-refractivity contribution in [1.29, 1.82) is 0 Å². The Kier molecular flexibility index (Phi) is 3.18. The molecule has 98 valence electrons. The highest BCUT2D eigenvalue weighted by Gasteiger charge is 2.09. The first-order chi connectivity index (χ1) is 9.22. The molecule has 0 saturated heterocycles. The van der Waals surface area contributed by atoms with Crippen molar-refractivity contribution in [3.63, 3.8) is 0 Å². The second kappa shape index (κ2) is 4.99. The van der Waals surface area contributed by atoms with Gasteiger partial charge in [0.25, 0.3) is 0 Å². The molecule has 3 rings (SSSR count). The lowest BCUT2D eigenvalue weighted by Crippen LogP contribution is -2.02. The molecule has 3 aromatic heterocycles. The molecule has 0 aliphatic carbocycles. The van der Waals surface area contributed by atoms with Gasteiger partial charge in [0.1, 0.15) is 6.54 Å². The Labute approximate surface area is 114 Å².